The summed E-state index contributed by atoms with van der Waals surface area (Å²) in [5, 5.41) is 0. The van der Waals surface area contributed by atoms with Gasteiger partial charge in [-0.2, -0.15) is 0 Å². The van der Waals surface area contributed by atoms with Crippen LogP contribution in [0.25, 0.3) is 0 Å². The lowest BCUT2D eigenvalue weighted by Crippen LogP contribution is -2.55. The maximum atomic E-state index is 11.9. The van der Waals surface area contributed by atoms with E-state index >= 15 is 0 Å². The van der Waals surface area contributed by atoms with Gasteiger partial charge in [0.1, 0.15) is 5.54 Å². The molecule has 1 amide bonds. The molecule has 0 saturated carbocycles. The van der Waals surface area contributed by atoms with Gasteiger partial charge in [0.05, 0.1) is 11.5 Å². The third-order valence-corrected chi connectivity index (χ3v) is 4.13. The number of hydrogen-bond acceptors (Lipinski definition) is 5. The van der Waals surface area contributed by atoms with Crippen LogP contribution in [0.3, 0.4) is 0 Å². The van der Waals surface area contributed by atoms with Crippen LogP contribution in [0, 0.1) is 0 Å². The summed E-state index contributed by atoms with van der Waals surface area (Å²) < 4.78 is 30.8. The van der Waals surface area contributed by atoms with Crippen molar-refractivity contribution in [2.45, 2.75) is 16.9 Å². The molecular weight excluding hydrogens is 256 g/mol. The third-order valence-electron chi connectivity index (χ3n) is 2.78. The molecule has 1 saturated heterocycles. The first kappa shape index (κ1) is 13.0. The Morgan fingerprint density at radius 1 is 1.33 bits per heavy atom. The lowest BCUT2D eigenvalue weighted by molar-refractivity contribution is -0.124. The van der Waals surface area contributed by atoms with Gasteiger partial charge in [0.25, 0.3) is 15.9 Å². The van der Waals surface area contributed by atoms with E-state index < -0.39 is 21.5 Å². The number of nitrogens with two attached hydrogens (primary N) is 1. The minimum Gasteiger partial charge on any atom is -0.379 e. The van der Waals surface area contributed by atoms with Crippen LogP contribution in [-0.2, 0) is 19.6 Å². The minimum absolute atomic E-state index is 0.0286. The summed E-state index contributed by atoms with van der Waals surface area (Å²) in [5.74, 6) is -0.733. The number of nitrogens with one attached hydrogen (secondary N) is 1. The van der Waals surface area contributed by atoms with Crippen LogP contribution in [0.5, 0.6) is 0 Å². The van der Waals surface area contributed by atoms with E-state index in [1.54, 1.807) is 18.2 Å². The molecule has 1 aromatic rings. The number of carbonyl (C=O) groups excluding carboxylic acids is 1. The number of carbonyl (C=O) groups is 1. The highest BCUT2D eigenvalue weighted by atomic mass is 32.2. The number of amides is 1. The van der Waals surface area contributed by atoms with E-state index in [4.69, 9.17) is 10.5 Å². The highest BCUT2D eigenvalue weighted by Gasteiger charge is 2.40. The van der Waals surface area contributed by atoms with Crippen LogP contribution in [0.15, 0.2) is 35.2 Å². The van der Waals surface area contributed by atoms with Gasteiger partial charge in [-0.1, -0.05) is 18.2 Å². The normalized spacial score (nSPS) is 23.8. The van der Waals surface area contributed by atoms with Gasteiger partial charge >= 0.3 is 0 Å². The van der Waals surface area contributed by atoms with E-state index in [0.717, 1.165) is 0 Å². The van der Waals surface area contributed by atoms with E-state index in [1.165, 1.54) is 12.1 Å². The molecule has 1 heterocycles. The lowest BCUT2D eigenvalue weighted by Gasteiger charge is -2.20. The van der Waals surface area contributed by atoms with Gasteiger partial charge in [-0.15, -0.1) is 0 Å². The summed E-state index contributed by atoms with van der Waals surface area (Å²) in [4.78, 5) is 11.9. The minimum atomic E-state index is -3.87. The third kappa shape index (κ3) is 2.53. The predicted molar refractivity (Wildman–Crippen MR) is 64.1 cm³/mol. The summed E-state index contributed by atoms with van der Waals surface area (Å²) in [6.07, 6.45) is 0.309. The Bertz CT molecular complexity index is 535. The number of ether oxygens (including phenoxy) is 1. The van der Waals surface area contributed by atoms with Crippen LogP contribution < -0.4 is 10.5 Å². The molecule has 0 spiro atoms. The molecule has 1 aliphatic rings. The molecular formula is C11H14N2O4S. The van der Waals surface area contributed by atoms with Crippen LogP contribution in [0.1, 0.15) is 6.42 Å². The quantitative estimate of drug-likeness (QED) is 0.779. The van der Waals surface area contributed by atoms with Crippen LogP contribution in [0.4, 0.5) is 0 Å². The van der Waals surface area contributed by atoms with Crippen molar-refractivity contribution in [2.24, 2.45) is 5.73 Å². The molecule has 1 aromatic carbocycles. The predicted octanol–water partition coefficient (Wildman–Crippen LogP) is -0.391. The fraction of sp³-hybridized carbons (Fsp3) is 0.364. The van der Waals surface area contributed by atoms with Gasteiger partial charge in [0.15, 0.2) is 0 Å². The van der Waals surface area contributed by atoms with Crippen molar-refractivity contribution in [3.8, 4) is 0 Å². The number of benzene rings is 1. The smallest absolute Gasteiger partial charge is 0.264 e. The van der Waals surface area contributed by atoms with Gasteiger partial charge in [0.2, 0.25) is 0 Å². The second kappa shape index (κ2) is 4.68. The largest absolute Gasteiger partial charge is 0.379 e. The van der Waals surface area contributed by atoms with Crippen LogP contribution >= 0.6 is 0 Å². The maximum absolute atomic E-state index is 11.9. The van der Waals surface area contributed by atoms with Crippen LogP contribution in [0.2, 0.25) is 0 Å². The summed E-state index contributed by atoms with van der Waals surface area (Å²) in [6, 6.07) is 7.66. The van der Waals surface area contributed by atoms with E-state index in [0.29, 0.717) is 13.0 Å². The average molecular weight is 270 g/mol. The zero-order valence-corrected chi connectivity index (χ0v) is 10.4. The Morgan fingerprint density at radius 2 is 2.00 bits per heavy atom. The van der Waals surface area contributed by atoms with Crippen molar-refractivity contribution in [3.63, 3.8) is 0 Å². The molecule has 0 radical (unpaired) electrons. The number of rotatable bonds is 3. The van der Waals surface area contributed by atoms with Crippen LogP contribution in [-0.4, -0.2) is 33.1 Å². The monoisotopic (exact) mass is 270 g/mol. The molecule has 1 unspecified atom stereocenters. The molecule has 3 N–H and O–H groups in total. The molecule has 6 nitrogen and oxygen atoms in total. The zero-order valence-electron chi connectivity index (χ0n) is 9.63. The second-order valence-electron chi connectivity index (χ2n) is 4.21. The topological polar surface area (TPSA) is 98.5 Å². The molecule has 1 fully saturated rings. The maximum Gasteiger partial charge on any atom is 0.264 e. The van der Waals surface area contributed by atoms with Crippen molar-refractivity contribution in [3.05, 3.63) is 30.3 Å². The summed E-state index contributed by atoms with van der Waals surface area (Å²) >= 11 is 0. The summed E-state index contributed by atoms with van der Waals surface area (Å²) in [7, 11) is -3.87. The van der Waals surface area contributed by atoms with Crippen molar-refractivity contribution in [1.82, 2.24) is 4.72 Å². The first-order valence-electron chi connectivity index (χ1n) is 5.43. The van der Waals surface area contributed by atoms with Gasteiger partial charge in [0, 0.05) is 13.0 Å². The SMILES string of the molecule is NC1(C(=O)NS(=O)(=O)c2ccccc2)CCOC1. The summed E-state index contributed by atoms with van der Waals surface area (Å²) in [5.41, 5.74) is 4.52. The average Bonchev–Trinajstić information content (AvgIpc) is 2.78. The Kier molecular flexibility index (Phi) is 3.38. The molecule has 7 heteroatoms. The molecule has 1 atom stereocenters. The fourth-order valence-electron chi connectivity index (χ4n) is 1.64. The molecule has 0 aromatic heterocycles. The Labute approximate surface area is 105 Å². The Morgan fingerprint density at radius 3 is 2.56 bits per heavy atom. The first-order valence-corrected chi connectivity index (χ1v) is 6.91. The van der Waals surface area contributed by atoms with E-state index in [2.05, 4.69) is 0 Å². The highest BCUT2D eigenvalue weighted by Crippen LogP contribution is 2.17. The molecule has 0 aliphatic carbocycles. The van der Waals surface area contributed by atoms with Crippen molar-refractivity contribution >= 4 is 15.9 Å². The van der Waals surface area contributed by atoms with Gasteiger partial charge < -0.3 is 10.5 Å². The zero-order chi connectivity index (χ0) is 13.2. The van der Waals surface area contributed by atoms with Crippen molar-refractivity contribution in [2.75, 3.05) is 13.2 Å². The Hall–Kier alpha value is -1.44. The van der Waals surface area contributed by atoms with E-state index in [-0.39, 0.29) is 11.5 Å². The lowest BCUT2D eigenvalue weighted by atomic mass is 10.0. The highest BCUT2D eigenvalue weighted by molar-refractivity contribution is 7.90. The van der Waals surface area contributed by atoms with E-state index in [1.807, 2.05) is 4.72 Å². The van der Waals surface area contributed by atoms with Crippen molar-refractivity contribution < 1.29 is 17.9 Å². The molecule has 98 valence electrons. The molecule has 18 heavy (non-hydrogen) atoms. The van der Waals surface area contributed by atoms with E-state index in [9.17, 15) is 13.2 Å². The standard InChI is InChI=1S/C11H14N2O4S/c12-11(6-7-17-8-11)10(14)13-18(15,16)9-4-2-1-3-5-9/h1-5H,6-8,12H2,(H,13,14). The summed E-state index contributed by atoms with van der Waals surface area (Å²) in [6.45, 7) is 0.387. The second-order valence-corrected chi connectivity index (χ2v) is 5.89. The molecule has 0 bridgehead atoms. The number of sulfonamides is 1. The van der Waals surface area contributed by atoms with Crippen molar-refractivity contribution in [1.29, 1.82) is 0 Å². The first-order chi connectivity index (χ1) is 8.44. The fourth-order valence-corrected chi connectivity index (χ4v) is 2.72. The van der Waals surface area contributed by atoms with Gasteiger partial charge in [-0.05, 0) is 12.1 Å². The molecule has 1 aliphatic heterocycles. The van der Waals surface area contributed by atoms with Gasteiger partial charge in [-0.3, -0.25) is 4.79 Å². The number of hydrogen-bond donors (Lipinski definition) is 2. The van der Waals surface area contributed by atoms with Gasteiger partial charge in [-0.25, -0.2) is 13.1 Å². The molecule has 2 rings (SSSR count). The Balaban J connectivity index is 2.17.